The van der Waals surface area contributed by atoms with Crippen LogP contribution in [0.4, 0.5) is 18.9 Å². The Morgan fingerprint density at radius 3 is 2.53 bits per heavy atom. The van der Waals surface area contributed by atoms with Gasteiger partial charge >= 0.3 is 5.92 Å². The molecule has 0 radical (unpaired) electrons. The molecule has 1 saturated heterocycles. The van der Waals surface area contributed by atoms with Gasteiger partial charge in [0.05, 0.1) is 29.9 Å². The van der Waals surface area contributed by atoms with Crippen molar-refractivity contribution in [3.8, 4) is 5.69 Å². The minimum absolute atomic E-state index is 0.310. The summed E-state index contributed by atoms with van der Waals surface area (Å²) in [5, 5.41) is 17.4. The van der Waals surface area contributed by atoms with E-state index in [-0.39, 0.29) is 12.2 Å². The molecular weight excluding hydrogens is 401 g/mol. The Morgan fingerprint density at radius 2 is 1.87 bits per heavy atom. The zero-order valence-corrected chi connectivity index (χ0v) is 15.7. The summed E-state index contributed by atoms with van der Waals surface area (Å²) in [6, 6.07) is 9.46. The lowest BCUT2D eigenvalue weighted by Crippen LogP contribution is -2.49. The maximum Gasteiger partial charge on any atom is 0.321 e. The van der Waals surface area contributed by atoms with Crippen LogP contribution in [0.3, 0.4) is 0 Å². The average Bonchev–Trinajstić information content (AvgIpc) is 3.22. The van der Waals surface area contributed by atoms with Crippen LogP contribution in [0, 0.1) is 5.82 Å². The van der Waals surface area contributed by atoms with Crippen LogP contribution in [0.5, 0.6) is 0 Å². The molecule has 0 bridgehead atoms. The molecule has 2 heterocycles. The first-order valence-corrected chi connectivity index (χ1v) is 9.08. The normalized spacial score (nSPS) is 19.5. The predicted octanol–water partition coefficient (Wildman–Crippen LogP) is 2.36. The molecule has 1 fully saturated rings. The molecule has 4 rings (SSSR count). The van der Waals surface area contributed by atoms with Crippen LogP contribution in [0.25, 0.3) is 16.6 Å². The van der Waals surface area contributed by atoms with Gasteiger partial charge in [0.15, 0.2) is 6.23 Å². The fourth-order valence-electron chi connectivity index (χ4n) is 3.39. The number of aromatic nitrogens is 2. The number of anilines is 1. The van der Waals surface area contributed by atoms with Crippen molar-refractivity contribution in [2.45, 2.75) is 31.5 Å². The highest BCUT2D eigenvalue weighted by Gasteiger charge is 2.43. The lowest BCUT2D eigenvalue weighted by atomic mass is 10.2. The summed E-state index contributed by atoms with van der Waals surface area (Å²) in [5.41, 5.74) is 1.65. The van der Waals surface area contributed by atoms with E-state index in [2.05, 4.69) is 5.10 Å². The molecular formula is C20H17F3N4O3. The van der Waals surface area contributed by atoms with Gasteiger partial charge in [-0.2, -0.15) is 13.9 Å². The summed E-state index contributed by atoms with van der Waals surface area (Å²) in [7, 11) is 0. The molecule has 156 valence electrons. The van der Waals surface area contributed by atoms with Gasteiger partial charge in [0.2, 0.25) is 5.91 Å². The van der Waals surface area contributed by atoms with Gasteiger partial charge in [-0.05, 0) is 42.5 Å². The van der Waals surface area contributed by atoms with Gasteiger partial charge in [0.1, 0.15) is 5.82 Å². The number of hydrogen-bond donors (Lipinski definition) is 2. The Bertz CT molecular complexity index is 1120. The van der Waals surface area contributed by atoms with Crippen molar-refractivity contribution in [2.75, 3.05) is 4.90 Å². The summed E-state index contributed by atoms with van der Waals surface area (Å²) in [4.78, 5) is 25.0. The van der Waals surface area contributed by atoms with Crippen LogP contribution in [0.15, 0.2) is 48.7 Å². The monoisotopic (exact) mass is 418 g/mol. The fraction of sp³-hybridized carbons (Fsp3) is 0.250. The second kappa shape index (κ2) is 7.13. The Hall–Kier alpha value is -3.40. The smallest absolute Gasteiger partial charge is 0.321 e. The Kier molecular flexibility index (Phi) is 4.73. The molecule has 0 saturated carbocycles. The lowest BCUT2D eigenvalue weighted by Gasteiger charge is -2.24. The van der Waals surface area contributed by atoms with Crippen LogP contribution in [0.2, 0.25) is 0 Å². The molecule has 1 aliphatic heterocycles. The summed E-state index contributed by atoms with van der Waals surface area (Å²) >= 11 is 0. The zero-order chi connectivity index (χ0) is 21.6. The zero-order valence-electron chi connectivity index (χ0n) is 15.7. The Morgan fingerprint density at radius 1 is 1.20 bits per heavy atom. The van der Waals surface area contributed by atoms with Crippen LogP contribution >= 0.6 is 0 Å². The highest BCUT2D eigenvalue weighted by Crippen LogP contribution is 2.30. The van der Waals surface area contributed by atoms with E-state index in [0.29, 0.717) is 29.2 Å². The molecule has 2 atom stereocenters. The number of fused-ring (bicyclic) bond motifs is 1. The van der Waals surface area contributed by atoms with Crippen molar-refractivity contribution in [3.63, 3.8) is 0 Å². The van der Waals surface area contributed by atoms with E-state index in [1.165, 1.54) is 12.1 Å². The molecule has 0 spiro atoms. The fourth-order valence-corrected chi connectivity index (χ4v) is 3.39. The Balaban J connectivity index is 1.61. The number of aliphatic hydroxyl groups excluding tert-OH is 1. The van der Waals surface area contributed by atoms with Gasteiger partial charge in [-0.1, -0.05) is 0 Å². The molecule has 0 unspecified atom stereocenters. The minimum Gasteiger partial charge on any atom is -0.371 e. The molecule has 2 aromatic carbocycles. The van der Waals surface area contributed by atoms with E-state index in [9.17, 15) is 27.9 Å². The lowest BCUT2D eigenvalue weighted by molar-refractivity contribution is -0.144. The van der Waals surface area contributed by atoms with Crippen LogP contribution in [-0.4, -0.2) is 44.9 Å². The molecule has 0 aliphatic carbocycles. The number of alkyl halides is 2. The summed E-state index contributed by atoms with van der Waals surface area (Å²) in [6.45, 7) is 0.440. The van der Waals surface area contributed by atoms with Gasteiger partial charge in [-0.15, -0.1) is 0 Å². The maximum atomic E-state index is 13.2. The van der Waals surface area contributed by atoms with Crippen molar-refractivity contribution >= 4 is 28.4 Å². The van der Waals surface area contributed by atoms with Crippen molar-refractivity contribution < 1.29 is 27.9 Å². The number of carbonyl (C=O) groups excluding carboxylic acids is 2. The van der Waals surface area contributed by atoms with Gasteiger partial charge < -0.3 is 10.4 Å². The highest BCUT2D eigenvalue weighted by atomic mass is 19.3. The van der Waals surface area contributed by atoms with Gasteiger partial charge in [0.25, 0.3) is 5.91 Å². The number of nitrogens with zero attached hydrogens (tertiary/aromatic N) is 3. The quantitative estimate of drug-likeness (QED) is 0.681. The number of halogens is 3. The number of amides is 2. The minimum atomic E-state index is -3.62. The largest absolute Gasteiger partial charge is 0.371 e. The number of aliphatic hydroxyl groups is 1. The van der Waals surface area contributed by atoms with E-state index in [1.54, 1.807) is 41.2 Å². The van der Waals surface area contributed by atoms with E-state index in [1.807, 2.05) is 5.32 Å². The van der Waals surface area contributed by atoms with Crippen molar-refractivity contribution in [2.24, 2.45) is 0 Å². The van der Waals surface area contributed by atoms with Crippen molar-refractivity contribution in [3.05, 3.63) is 54.5 Å². The first-order valence-electron chi connectivity index (χ1n) is 9.08. The number of nitrogens with one attached hydrogen (secondary N) is 1. The second-order valence-corrected chi connectivity index (χ2v) is 7.13. The first-order chi connectivity index (χ1) is 14.1. The van der Waals surface area contributed by atoms with Crippen LogP contribution in [0.1, 0.15) is 13.3 Å². The second-order valence-electron chi connectivity index (χ2n) is 7.13. The molecule has 2 N–H and O–H groups in total. The summed E-state index contributed by atoms with van der Waals surface area (Å²) in [5.74, 6) is -6.07. The molecule has 1 aliphatic rings. The molecule has 30 heavy (non-hydrogen) atoms. The van der Waals surface area contributed by atoms with Crippen molar-refractivity contribution in [1.82, 2.24) is 15.1 Å². The summed E-state index contributed by atoms with van der Waals surface area (Å²) < 4.78 is 41.0. The Labute approximate surface area is 168 Å². The molecule has 2 amide bonds. The SMILES string of the molecule is CC(F)(F)C(=O)N[C@H]1CC(=O)N(c2ccc3c(cnn3-c3ccc(F)cc3)c2)[C@H]1O. The third kappa shape index (κ3) is 3.50. The molecule has 7 nitrogen and oxygen atoms in total. The third-order valence-electron chi connectivity index (χ3n) is 4.90. The first kappa shape index (κ1) is 19.9. The van der Waals surface area contributed by atoms with E-state index >= 15 is 0 Å². The average molecular weight is 418 g/mol. The number of carbonyl (C=O) groups is 2. The van der Waals surface area contributed by atoms with E-state index < -0.39 is 30.0 Å². The standard InChI is InChI=1S/C20H17F3N4O3/c1-20(22,23)19(30)25-15-9-17(28)26(18(15)29)14-6-7-16-11(8-14)10-24-27(16)13-4-2-12(21)3-5-13/h2-8,10,15,18,29H,9H2,1H3,(H,25,30)/t15-,18-/m0/s1. The van der Waals surface area contributed by atoms with Gasteiger partial charge in [0, 0.05) is 18.0 Å². The molecule has 3 aromatic rings. The number of rotatable bonds is 4. The van der Waals surface area contributed by atoms with Gasteiger partial charge in [-0.25, -0.2) is 9.07 Å². The topological polar surface area (TPSA) is 87.5 Å². The van der Waals surface area contributed by atoms with Crippen LogP contribution in [-0.2, 0) is 9.59 Å². The predicted molar refractivity (Wildman–Crippen MR) is 102 cm³/mol. The summed E-state index contributed by atoms with van der Waals surface area (Å²) in [6.07, 6.45) is -0.254. The maximum absolute atomic E-state index is 13.2. The van der Waals surface area contributed by atoms with Crippen molar-refractivity contribution in [1.29, 1.82) is 0 Å². The number of benzene rings is 2. The van der Waals surface area contributed by atoms with E-state index in [0.717, 1.165) is 4.90 Å². The highest BCUT2D eigenvalue weighted by molar-refractivity contribution is 5.99. The molecule has 1 aromatic heterocycles. The molecule has 10 heteroatoms. The van der Waals surface area contributed by atoms with Crippen LogP contribution < -0.4 is 10.2 Å². The number of hydrogen-bond acceptors (Lipinski definition) is 4. The van der Waals surface area contributed by atoms with Gasteiger partial charge in [-0.3, -0.25) is 14.5 Å². The van der Waals surface area contributed by atoms with E-state index in [4.69, 9.17) is 0 Å². The third-order valence-corrected chi connectivity index (χ3v) is 4.90.